The van der Waals surface area contributed by atoms with Gasteiger partial charge in [0.05, 0.1) is 0 Å². The first kappa shape index (κ1) is 10.2. The normalized spacial score (nSPS) is 6.83. The molecule has 0 aliphatic rings. The second-order valence-electron chi connectivity index (χ2n) is 0.742. The second kappa shape index (κ2) is 9.44. The average molecular weight is 238 g/mol. The van der Waals surface area contributed by atoms with Crippen molar-refractivity contribution in [2.24, 2.45) is 0 Å². The van der Waals surface area contributed by atoms with Gasteiger partial charge < -0.3 is 0 Å². The first-order valence-electron chi connectivity index (χ1n) is 1.13. The lowest BCUT2D eigenvalue weighted by Crippen LogP contribution is -1.70. The lowest BCUT2D eigenvalue weighted by Gasteiger charge is -1.60. The molecular formula is C2H6Br2OS. The zero-order valence-corrected chi connectivity index (χ0v) is 7.56. The van der Waals surface area contributed by atoms with Crippen LogP contribution in [0.15, 0.2) is 0 Å². The SMILES string of the molecule is BrBr.CS(C)=O. The summed E-state index contributed by atoms with van der Waals surface area (Å²) in [6.07, 6.45) is 3.28. The summed E-state index contributed by atoms with van der Waals surface area (Å²) in [6.45, 7) is 0. The van der Waals surface area contributed by atoms with Crippen LogP contribution in [0.4, 0.5) is 0 Å². The lowest BCUT2D eigenvalue weighted by molar-refractivity contribution is 0.690. The molecule has 0 atom stereocenters. The zero-order chi connectivity index (χ0) is 5.58. The van der Waals surface area contributed by atoms with Crippen LogP contribution in [0.3, 0.4) is 0 Å². The Labute approximate surface area is 55.8 Å². The van der Waals surface area contributed by atoms with Gasteiger partial charge in [-0.25, -0.2) is 0 Å². The molecule has 0 saturated carbocycles. The third kappa shape index (κ3) is 70.1. The highest BCUT2D eigenvalue weighted by molar-refractivity contribution is 9.93. The van der Waals surface area contributed by atoms with Crippen molar-refractivity contribution in [1.82, 2.24) is 0 Å². The molecule has 0 rings (SSSR count). The van der Waals surface area contributed by atoms with E-state index in [0.29, 0.717) is 0 Å². The molecule has 0 aliphatic carbocycles. The van der Waals surface area contributed by atoms with E-state index in [9.17, 15) is 4.21 Å². The molecule has 6 heavy (non-hydrogen) atoms. The van der Waals surface area contributed by atoms with Crippen molar-refractivity contribution in [2.75, 3.05) is 12.5 Å². The molecule has 0 N–H and O–H groups in total. The van der Waals surface area contributed by atoms with E-state index in [-0.39, 0.29) is 0 Å². The highest BCUT2D eigenvalue weighted by Crippen LogP contribution is 1.85. The molecule has 0 unspecified atom stereocenters. The third-order valence-electron chi connectivity index (χ3n) is 0. The number of rotatable bonds is 0. The molecule has 0 aromatic rings. The molecule has 0 amide bonds. The fraction of sp³-hybridized carbons (Fsp3) is 1.00. The van der Waals surface area contributed by atoms with Gasteiger partial charge in [0.1, 0.15) is 0 Å². The molecule has 40 valence electrons. The fourth-order valence-electron chi connectivity index (χ4n) is 0. The van der Waals surface area contributed by atoms with Crippen LogP contribution in [0.5, 0.6) is 0 Å². The maximum atomic E-state index is 9.56. The highest BCUT2D eigenvalue weighted by Gasteiger charge is 1.57. The van der Waals surface area contributed by atoms with Gasteiger partial charge in [0.2, 0.25) is 0 Å². The first-order valence-corrected chi connectivity index (χ1v) is 6.81. The van der Waals surface area contributed by atoms with E-state index in [0.717, 1.165) is 0 Å². The van der Waals surface area contributed by atoms with Crippen molar-refractivity contribution in [3.8, 4) is 0 Å². The van der Waals surface area contributed by atoms with Gasteiger partial charge in [0, 0.05) is 51.6 Å². The quantitative estimate of drug-likeness (QED) is 0.627. The summed E-state index contributed by atoms with van der Waals surface area (Å²) < 4.78 is 9.56. The van der Waals surface area contributed by atoms with Crippen LogP contribution in [0, 0.1) is 0 Å². The minimum absolute atomic E-state index is 0.611. The summed E-state index contributed by atoms with van der Waals surface area (Å²) >= 11 is 5.50. The van der Waals surface area contributed by atoms with Crippen LogP contribution in [0.2, 0.25) is 0 Å². The molecule has 0 aromatic heterocycles. The second-order valence-corrected chi connectivity index (χ2v) is 2.22. The Morgan fingerprint density at radius 1 is 1.33 bits per heavy atom. The third-order valence-corrected chi connectivity index (χ3v) is 0. The molecule has 0 spiro atoms. The van der Waals surface area contributed by atoms with Crippen molar-refractivity contribution in [2.45, 2.75) is 0 Å². The van der Waals surface area contributed by atoms with Gasteiger partial charge in [0.25, 0.3) is 0 Å². The largest absolute Gasteiger partial charge is 0.260 e. The predicted octanol–water partition coefficient (Wildman–Crippen LogP) is 1.69. The van der Waals surface area contributed by atoms with Crippen molar-refractivity contribution in [3.05, 3.63) is 0 Å². The van der Waals surface area contributed by atoms with E-state index < -0.39 is 10.8 Å². The van der Waals surface area contributed by atoms with Crippen LogP contribution in [-0.4, -0.2) is 16.7 Å². The van der Waals surface area contributed by atoms with Gasteiger partial charge in [-0.15, -0.1) is 0 Å². The zero-order valence-electron chi connectivity index (χ0n) is 3.57. The smallest absolute Gasteiger partial charge is 0.0148 e. The molecule has 4 heteroatoms. The molecule has 0 bridgehead atoms. The lowest BCUT2D eigenvalue weighted by atomic mass is 11.9. The summed E-state index contributed by atoms with van der Waals surface area (Å²) in [7, 11) is -0.611. The first-order chi connectivity index (χ1) is 2.73. The number of hydrogen-bond acceptors (Lipinski definition) is 1. The Bertz CT molecular complexity index is 34.5. The van der Waals surface area contributed by atoms with E-state index in [1.54, 1.807) is 12.5 Å². The topological polar surface area (TPSA) is 17.1 Å². The molecule has 1 nitrogen and oxygen atoms in total. The Morgan fingerprint density at radius 3 is 1.33 bits per heavy atom. The Kier molecular flexibility index (Phi) is 16.0. The van der Waals surface area contributed by atoms with Gasteiger partial charge in [-0.05, 0) is 0 Å². The fourth-order valence-corrected chi connectivity index (χ4v) is 0. The summed E-state index contributed by atoms with van der Waals surface area (Å²) in [5, 5.41) is 0. The van der Waals surface area contributed by atoms with Gasteiger partial charge in [-0.1, -0.05) is 0 Å². The number of hydrogen-bond donors (Lipinski definition) is 0. The van der Waals surface area contributed by atoms with E-state index >= 15 is 0 Å². The van der Waals surface area contributed by atoms with Crippen molar-refractivity contribution < 1.29 is 4.21 Å². The van der Waals surface area contributed by atoms with Gasteiger partial charge >= 0.3 is 0 Å². The van der Waals surface area contributed by atoms with Crippen LogP contribution in [-0.2, 0) is 10.8 Å². The molecule has 0 aliphatic heterocycles. The van der Waals surface area contributed by atoms with Crippen LogP contribution < -0.4 is 0 Å². The van der Waals surface area contributed by atoms with Gasteiger partial charge in [-0.3, -0.25) is 4.21 Å². The molecule has 0 aromatic carbocycles. The van der Waals surface area contributed by atoms with E-state index in [4.69, 9.17) is 0 Å². The van der Waals surface area contributed by atoms with Crippen LogP contribution in [0.1, 0.15) is 0 Å². The maximum Gasteiger partial charge on any atom is 0.0148 e. The van der Waals surface area contributed by atoms with E-state index in [1.165, 1.54) is 0 Å². The molecule has 0 saturated heterocycles. The predicted molar refractivity (Wildman–Crippen MR) is 37.8 cm³/mol. The minimum Gasteiger partial charge on any atom is -0.260 e. The van der Waals surface area contributed by atoms with Crippen LogP contribution >= 0.6 is 28.3 Å². The summed E-state index contributed by atoms with van der Waals surface area (Å²) in [5.74, 6) is 0. The Morgan fingerprint density at radius 2 is 1.33 bits per heavy atom. The average Bonchev–Trinajstić information content (AvgIpc) is 1.41. The van der Waals surface area contributed by atoms with Crippen molar-refractivity contribution >= 4 is 39.1 Å². The molecule has 0 fully saturated rings. The summed E-state index contributed by atoms with van der Waals surface area (Å²) in [6, 6.07) is 0. The Balaban J connectivity index is 0. The van der Waals surface area contributed by atoms with Crippen molar-refractivity contribution in [3.63, 3.8) is 0 Å². The monoisotopic (exact) mass is 236 g/mol. The molecular weight excluding hydrogens is 232 g/mol. The van der Waals surface area contributed by atoms with Gasteiger partial charge in [-0.2, -0.15) is 0 Å². The van der Waals surface area contributed by atoms with Gasteiger partial charge in [0.15, 0.2) is 0 Å². The highest BCUT2D eigenvalue weighted by atomic mass is 80.9. The maximum absolute atomic E-state index is 9.56. The molecule has 0 radical (unpaired) electrons. The van der Waals surface area contributed by atoms with E-state index in [2.05, 4.69) is 28.3 Å². The number of halogens is 2. The van der Waals surface area contributed by atoms with Crippen molar-refractivity contribution in [1.29, 1.82) is 0 Å². The molecule has 0 heterocycles. The summed E-state index contributed by atoms with van der Waals surface area (Å²) in [5.41, 5.74) is 0. The Hall–Kier alpha value is 1.11. The standard InChI is InChI=1S/C2H6OS.Br2/c1-4(2)3;1-2/h1-2H3;. The van der Waals surface area contributed by atoms with E-state index in [1.807, 2.05) is 0 Å². The summed E-state index contributed by atoms with van der Waals surface area (Å²) in [4.78, 5) is 0. The minimum atomic E-state index is -0.611. The van der Waals surface area contributed by atoms with Crippen LogP contribution in [0.25, 0.3) is 0 Å².